The second-order valence-electron chi connectivity index (χ2n) is 3.51. The molecule has 0 unspecified atom stereocenters. The standard InChI is InChI=1S/C13H9NO4/c1-2-18-11(15)6-4-8-3-5-10-9(7-8)12(16)13(17)14-10/h3,5,7H,2H2,1H3,(H,14,16,17). The molecule has 0 saturated heterocycles. The van der Waals surface area contributed by atoms with Gasteiger partial charge in [-0.05, 0) is 25.1 Å². The average Bonchev–Trinajstić information content (AvgIpc) is 2.63. The third-order valence-corrected chi connectivity index (χ3v) is 2.30. The summed E-state index contributed by atoms with van der Waals surface area (Å²) in [6, 6.07) is 4.67. The molecule has 1 amide bonds. The number of fused-ring (bicyclic) bond motifs is 1. The van der Waals surface area contributed by atoms with Gasteiger partial charge in [-0.25, -0.2) is 4.79 Å². The molecule has 0 spiro atoms. The maximum Gasteiger partial charge on any atom is 0.384 e. The summed E-state index contributed by atoms with van der Waals surface area (Å²) in [5, 5.41) is 2.43. The number of Topliss-reactive ketones (excluding diaryl/α,β-unsaturated/α-hetero) is 1. The zero-order valence-corrected chi connectivity index (χ0v) is 9.57. The molecule has 5 nitrogen and oxygen atoms in total. The summed E-state index contributed by atoms with van der Waals surface area (Å²) in [6.07, 6.45) is 0. The van der Waals surface area contributed by atoms with Crippen molar-refractivity contribution in [2.75, 3.05) is 11.9 Å². The number of carbonyl (C=O) groups is 3. The lowest BCUT2D eigenvalue weighted by atomic mass is 10.1. The van der Waals surface area contributed by atoms with Crippen molar-refractivity contribution in [3.63, 3.8) is 0 Å². The summed E-state index contributed by atoms with van der Waals surface area (Å²) < 4.78 is 4.65. The Morgan fingerprint density at radius 3 is 2.89 bits per heavy atom. The van der Waals surface area contributed by atoms with Crippen molar-refractivity contribution in [3.8, 4) is 11.8 Å². The Kier molecular flexibility index (Phi) is 3.11. The van der Waals surface area contributed by atoms with Crippen molar-refractivity contribution in [1.29, 1.82) is 0 Å². The first-order valence-electron chi connectivity index (χ1n) is 5.30. The van der Waals surface area contributed by atoms with E-state index in [2.05, 4.69) is 21.9 Å². The van der Waals surface area contributed by atoms with Gasteiger partial charge >= 0.3 is 5.97 Å². The molecule has 1 heterocycles. The molecule has 2 rings (SSSR count). The van der Waals surface area contributed by atoms with Gasteiger partial charge in [-0.2, -0.15) is 0 Å². The maximum absolute atomic E-state index is 11.4. The van der Waals surface area contributed by atoms with Crippen LogP contribution in [0.1, 0.15) is 22.8 Å². The molecule has 18 heavy (non-hydrogen) atoms. The molecular formula is C13H9NO4. The van der Waals surface area contributed by atoms with E-state index in [1.54, 1.807) is 19.1 Å². The van der Waals surface area contributed by atoms with E-state index < -0.39 is 17.7 Å². The number of amides is 1. The Balaban J connectivity index is 2.26. The third kappa shape index (κ3) is 2.23. The molecule has 5 heteroatoms. The van der Waals surface area contributed by atoms with Crippen LogP contribution in [0.5, 0.6) is 0 Å². The van der Waals surface area contributed by atoms with Crippen LogP contribution < -0.4 is 5.32 Å². The van der Waals surface area contributed by atoms with Gasteiger partial charge in [-0.1, -0.05) is 5.92 Å². The Morgan fingerprint density at radius 2 is 2.17 bits per heavy atom. The zero-order valence-electron chi connectivity index (χ0n) is 9.57. The van der Waals surface area contributed by atoms with Gasteiger partial charge in [0.05, 0.1) is 17.9 Å². The lowest BCUT2D eigenvalue weighted by molar-refractivity contribution is -0.136. The first-order valence-corrected chi connectivity index (χ1v) is 5.30. The van der Waals surface area contributed by atoms with Crippen molar-refractivity contribution in [2.24, 2.45) is 0 Å². The Labute approximate surface area is 103 Å². The minimum Gasteiger partial charge on any atom is -0.456 e. The summed E-state index contributed by atoms with van der Waals surface area (Å²) in [7, 11) is 0. The third-order valence-electron chi connectivity index (χ3n) is 2.30. The Hall–Kier alpha value is -2.61. The summed E-state index contributed by atoms with van der Waals surface area (Å²) in [4.78, 5) is 33.6. The molecular weight excluding hydrogens is 234 g/mol. The molecule has 1 N–H and O–H groups in total. The van der Waals surface area contributed by atoms with Crippen molar-refractivity contribution < 1.29 is 19.1 Å². The summed E-state index contributed by atoms with van der Waals surface area (Å²) in [5.74, 6) is 3.00. The average molecular weight is 243 g/mol. The number of anilines is 1. The van der Waals surface area contributed by atoms with E-state index in [1.807, 2.05) is 0 Å². The second-order valence-corrected chi connectivity index (χ2v) is 3.51. The van der Waals surface area contributed by atoms with E-state index in [0.717, 1.165) is 0 Å². The van der Waals surface area contributed by atoms with Crippen LogP contribution in [0.25, 0.3) is 0 Å². The van der Waals surface area contributed by atoms with Gasteiger partial charge < -0.3 is 10.1 Å². The molecule has 0 saturated carbocycles. The van der Waals surface area contributed by atoms with Crippen LogP contribution in [0.3, 0.4) is 0 Å². The fourth-order valence-corrected chi connectivity index (χ4v) is 1.51. The minimum absolute atomic E-state index is 0.259. The number of rotatable bonds is 1. The lowest BCUT2D eigenvalue weighted by Crippen LogP contribution is -2.12. The lowest BCUT2D eigenvalue weighted by Gasteiger charge is -1.96. The van der Waals surface area contributed by atoms with E-state index in [1.165, 1.54) is 6.07 Å². The van der Waals surface area contributed by atoms with E-state index >= 15 is 0 Å². The molecule has 1 aliphatic rings. The van der Waals surface area contributed by atoms with Gasteiger partial charge in [0.1, 0.15) is 0 Å². The predicted octanol–water partition coefficient (Wildman–Crippen LogP) is 0.736. The van der Waals surface area contributed by atoms with Gasteiger partial charge in [0.25, 0.3) is 11.7 Å². The van der Waals surface area contributed by atoms with Crippen LogP contribution in [-0.2, 0) is 14.3 Å². The van der Waals surface area contributed by atoms with Gasteiger partial charge in [0.2, 0.25) is 0 Å². The summed E-state index contributed by atoms with van der Waals surface area (Å²) in [6.45, 7) is 1.94. The number of benzene rings is 1. The van der Waals surface area contributed by atoms with Crippen molar-refractivity contribution >= 4 is 23.3 Å². The zero-order chi connectivity index (χ0) is 13.1. The van der Waals surface area contributed by atoms with Crippen LogP contribution >= 0.6 is 0 Å². The molecule has 90 valence electrons. The van der Waals surface area contributed by atoms with Crippen molar-refractivity contribution in [1.82, 2.24) is 0 Å². The normalized spacial score (nSPS) is 12.3. The molecule has 0 atom stereocenters. The van der Waals surface area contributed by atoms with E-state index in [0.29, 0.717) is 11.3 Å². The molecule has 0 aromatic heterocycles. The highest BCUT2D eigenvalue weighted by molar-refractivity contribution is 6.51. The highest BCUT2D eigenvalue weighted by atomic mass is 16.5. The smallest absolute Gasteiger partial charge is 0.384 e. The first kappa shape index (κ1) is 11.9. The molecule has 1 aromatic carbocycles. The van der Waals surface area contributed by atoms with Gasteiger partial charge in [-0.3, -0.25) is 9.59 Å². The molecule has 0 aliphatic carbocycles. The fourth-order valence-electron chi connectivity index (χ4n) is 1.51. The number of hydrogen-bond donors (Lipinski definition) is 1. The van der Waals surface area contributed by atoms with Crippen LogP contribution in [-0.4, -0.2) is 24.3 Å². The topological polar surface area (TPSA) is 72.5 Å². The monoisotopic (exact) mass is 243 g/mol. The largest absolute Gasteiger partial charge is 0.456 e. The van der Waals surface area contributed by atoms with E-state index in [9.17, 15) is 14.4 Å². The van der Waals surface area contributed by atoms with E-state index in [-0.39, 0.29) is 12.2 Å². The van der Waals surface area contributed by atoms with Crippen LogP contribution in [0.2, 0.25) is 0 Å². The van der Waals surface area contributed by atoms with Gasteiger partial charge in [0, 0.05) is 11.5 Å². The molecule has 0 bridgehead atoms. The maximum atomic E-state index is 11.4. The number of carbonyl (C=O) groups excluding carboxylic acids is 3. The fraction of sp³-hybridized carbons (Fsp3) is 0.154. The van der Waals surface area contributed by atoms with E-state index in [4.69, 9.17) is 0 Å². The second kappa shape index (κ2) is 4.72. The Morgan fingerprint density at radius 1 is 1.39 bits per heavy atom. The quantitative estimate of drug-likeness (QED) is 0.448. The molecule has 1 aromatic rings. The van der Waals surface area contributed by atoms with Gasteiger partial charge in [0.15, 0.2) is 0 Å². The number of hydrogen-bond acceptors (Lipinski definition) is 4. The van der Waals surface area contributed by atoms with Gasteiger partial charge in [-0.15, -0.1) is 0 Å². The first-order chi connectivity index (χ1) is 8.61. The number of esters is 1. The molecule has 0 fully saturated rings. The molecule has 0 radical (unpaired) electrons. The molecule has 1 aliphatic heterocycles. The number of nitrogens with one attached hydrogen (secondary N) is 1. The summed E-state index contributed by atoms with van der Waals surface area (Å²) >= 11 is 0. The number of ether oxygens (including phenoxy) is 1. The van der Waals surface area contributed by atoms with Crippen molar-refractivity contribution in [2.45, 2.75) is 6.92 Å². The SMILES string of the molecule is CCOC(=O)C#Cc1ccc2c(c1)C(=O)C(=O)N2. The highest BCUT2D eigenvalue weighted by Crippen LogP contribution is 2.23. The van der Waals surface area contributed by atoms with Crippen LogP contribution in [0.4, 0.5) is 5.69 Å². The Bertz CT molecular complexity index is 607. The number of ketones is 1. The van der Waals surface area contributed by atoms with Crippen LogP contribution in [0, 0.1) is 11.8 Å². The minimum atomic E-state index is -0.652. The van der Waals surface area contributed by atoms with Crippen LogP contribution in [0.15, 0.2) is 18.2 Å². The highest BCUT2D eigenvalue weighted by Gasteiger charge is 2.27. The summed E-state index contributed by atoms with van der Waals surface area (Å²) in [5.41, 5.74) is 1.22. The predicted molar refractivity (Wildman–Crippen MR) is 62.9 cm³/mol. The van der Waals surface area contributed by atoms with Crippen molar-refractivity contribution in [3.05, 3.63) is 29.3 Å².